The Balaban J connectivity index is 1.92. The Morgan fingerprint density at radius 3 is 2.88 bits per heavy atom. The summed E-state index contributed by atoms with van der Waals surface area (Å²) in [4.78, 5) is 8.25. The highest BCUT2D eigenvalue weighted by Gasteiger charge is 2.17. The van der Waals surface area contributed by atoms with Gasteiger partial charge in [0.2, 0.25) is 5.95 Å². The lowest BCUT2D eigenvalue weighted by molar-refractivity contribution is 0.414. The fourth-order valence-electron chi connectivity index (χ4n) is 2.27. The Hall–Kier alpha value is -3.53. The molecule has 0 bridgehead atoms. The molecule has 1 aromatic carbocycles. The van der Waals surface area contributed by atoms with Crippen molar-refractivity contribution in [3.05, 3.63) is 53.8 Å². The van der Waals surface area contributed by atoms with E-state index in [0.717, 1.165) is 11.3 Å². The first kappa shape index (κ1) is 15.4. The monoisotopic (exact) mass is 321 g/mol. The van der Waals surface area contributed by atoms with Gasteiger partial charge in [0.1, 0.15) is 23.1 Å². The van der Waals surface area contributed by atoms with E-state index in [2.05, 4.69) is 21.4 Å². The van der Waals surface area contributed by atoms with Crippen LogP contribution < -0.4 is 15.8 Å². The molecule has 24 heavy (non-hydrogen) atoms. The fourth-order valence-corrected chi connectivity index (χ4v) is 2.27. The number of nitrogen functional groups attached to an aromatic ring is 1. The molecule has 2 aromatic heterocycles. The van der Waals surface area contributed by atoms with E-state index >= 15 is 0 Å². The predicted octanol–water partition coefficient (Wildman–Crippen LogP) is 2.81. The first-order valence-corrected chi connectivity index (χ1v) is 7.19. The van der Waals surface area contributed by atoms with Crippen LogP contribution in [0.3, 0.4) is 0 Å². The summed E-state index contributed by atoms with van der Waals surface area (Å²) in [6.45, 7) is 0.458. The molecule has 2 heterocycles. The molecule has 0 unspecified atom stereocenters. The molecule has 0 spiro atoms. The van der Waals surface area contributed by atoms with Crippen molar-refractivity contribution in [2.24, 2.45) is 0 Å². The number of nitrogens with two attached hydrogens (primary N) is 1. The zero-order chi connectivity index (χ0) is 16.9. The van der Waals surface area contributed by atoms with Gasteiger partial charge in [0.15, 0.2) is 11.6 Å². The summed E-state index contributed by atoms with van der Waals surface area (Å²) in [5.74, 6) is 1.64. The average Bonchev–Trinajstić information content (AvgIpc) is 3.14. The highest BCUT2D eigenvalue weighted by atomic mass is 16.5. The third-order valence-corrected chi connectivity index (χ3v) is 3.39. The van der Waals surface area contributed by atoms with E-state index in [4.69, 9.17) is 14.9 Å². The fraction of sp³-hybridized carbons (Fsp3) is 0.118. The molecule has 0 amide bonds. The SMILES string of the molecule is COc1cccc(CNc2nc(N)nc(-c3ccco3)c2C#N)c1. The number of furan rings is 1. The van der Waals surface area contributed by atoms with Crippen molar-refractivity contribution in [3.63, 3.8) is 0 Å². The second-order valence-electron chi connectivity index (χ2n) is 4.95. The minimum Gasteiger partial charge on any atom is -0.497 e. The van der Waals surface area contributed by atoms with Crippen LogP contribution in [0.2, 0.25) is 0 Å². The van der Waals surface area contributed by atoms with Crippen molar-refractivity contribution in [1.29, 1.82) is 5.26 Å². The van der Waals surface area contributed by atoms with E-state index in [1.807, 2.05) is 24.3 Å². The molecule has 0 radical (unpaired) electrons. The molecule has 3 rings (SSSR count). The van der Waals surface area contributed by atoms with Crippen LogP contribution in [0, 0.1) is 11.3 Å². The second-order valence-corrected chi connectivity index (χ2v) is 4.95. The minimum absolute atomic E-state index is 0.0635. The summed E-state index contributed by atoms with van der Waals surface area (Å²) in [5, 5.41) is 12.6. The molecular weight excluding hydrogens is 306 g/mol. The number of nitrogens with one attached hydrogen (secondary N) is 1. The molecule has 0 saturated carbocycles. The van der Waals surface area contributed by atoms with E-state index in [0.29, 0.717) is 23.8 Å². The molecule has 3 aromatic rings. The van der Waals surface area contributed by atoms with Crippen molar-refractivity contribution in [1.82, 2.24) is 9.97 Å². The van der Waals surface area contributed by atoms with Crippen molar-refractivity contribution >= 4 is 11.8 Å². The molecule has 7 nitrogen and oxygen atoms in total. The normalized spacial score (nSPS) is 10.2. The van der Waals surface area contributed by atoms with Gasteiger partial charge < -0.3 is 20.2 Å². The first-order valence-electron chi connectivity index (χ1n) is 7.19. The molecular formula is C17H15N5O2. The zero-order valence-corrected chi connectivity index (χ0v) is 13.0. The van der Waals surface area contributed by atoms with Gasteiger partial charge >= 0.3 is 0 Å². The Morgan fingerprint density at radius 1 is 1.29 bits per heavy atom. The molecule has 0 saturated heterocycles. The van der Waals surface area contributed by atoms with Gasteiger partial charge in [0.05, 0.1) is 13.4 Å². The number of aromatic nitrogens is 2. The molecule has 0 aliphatic carbocycles. The van der Waals surface area contributed by atoms with Gasteiger partial charge in [-0.2, -0.15) is 10.2 Å². The Kier molecular flexibility index (Phi) is 4.29. The van der Waals surface area contributed by atoms with Gasteiger partial charge in [0, 0.05) is 6.54 Å². The zero-order valence-electron chi connectivity index (χ0n) is 13.0. The Bertz CT molecular complexity index is 884. The maximum Gasteiger partial charge on any atom is 0.222 e. The van der Waals surface area contributed by atoms with Crippen molar-refractivity contribution < 1.29 is 9.15 Å². The number of nitrogens with zero attached hydrogens (tertiary/aromatic N) is 3. The number of hydrogen-bond donors (Lipinski definition) is 2. The number of methoxy groups -OCH3 is 1. The van der Waals surface area contributed by atoms with Crippen LogP contribution in [0.4, 0.5) is 11.8 Å². The van der Waals surface area contributed by atoms with E-state index in [1.54, 1.807) is 19.2 Å². The molecule has 120 valence electrons. The standard InChI is InChI=1S/C17H15N5O2/c1-23-12-5-2-4-11(8-12)10-20-16-13(9-18)15(21-17(19)22-16)14-6-3-7-24-14/h2-8H,10H2,1H3,(H3,19,20,21,22). The number of rotatable bonds is 5. The van der Waals surface area contributed by atoms with Gasteiger partial charge in [-0.05, 0) is 29.8 Å². The second kappa shape index (κ2) is 6.71. The number of nitriles is 1. The summed E-state index contributed by atoms with van der Waals surface area (Å²) in [6.07, 6.45) is 1.51. The van der Waals surface area contributed by atoms with Crippen LogP contribution in [0.25, 0.3) is 11.5 Å². The Morgan fingerprint density at radius 2 is 2.17 bits per heavy atom. The number of ether oxygens (including phenoxy) is 1. The van der Waals surface area contributed by atoms with Crippen LogP contribution in [-0.2, 0) is 6.54 Å². The maximum absolute atomic E-state index is 9.50. The van der Waals surface area contributed by atoms with Crippen LogP contribution in [0.15, 0.2) is 47.1 Å². The van der Waals surface area contributed by atoms with Crippen molar-refractivity contribution in [2.75, 3.05) is 18.2 Å². The van der Waals surface area contributed by atoms with E-state index in [1.165, 1.54) is 6.26 Å². The van der Waals surface area contributed by atoms with E-state index in [-0.39, 0.29) is 11.5 Å². The first-order chi connectivity index (χ1) is 11.7. The number of benzene rings is 1. The summed E-state index contributed by atoms with van der Waals surface area (Å²) in [6, 6.07) is 13.1. The number of anilines is 2. The lowest BCUT2D eigenvalue weighted by atomic mass is 10.1. The third-order valence-electron chi connectivity index (χ3n) is 3.39. The summed E-state index contributed by atoms with van der Waals surface area (Å²) >= 11 is 0. The maximum atomic E-state index is 9.50. The van der Waals surface area contributed by atoms with Crippen LogP contribution in [0.5, 0.6) is 5.75 Å². The van der Waals surface area contributed by atoms with E-state index in [9.17, 15) is 5.26 Å². The summed E-state index contributed by atoms with van der Waals surface area (Å²) < 4.78 is 10.5. The predicted molar refractivity (Wildman–Crippen MR) is 89.2 cm³/mol. The van der Waals surface area contributed by atoms with Crippen molar-refractivity contribution in [2.45, 2.75) is 6.54 Å². The average molecular weight is 321 g/mol. The summed E-state index contributed by atoms with van der Waals surface area (Å²) in [5.41, 5.74) is 7.40. The lowest BCUT2D eigenvalue weighted by Gasteiger charge is -2.11. The van der Waals surface area contributed by atoms with Crippen LogP contribution in [-0.4, -0.2) is 17.1 Å². The van der Waals surface area contributed by atoms with Gasteiger partial charge in [0.25, 0.3) is 0 Å². The third kappa shape index (κ3) is 3.13. The smallest absolute Gasteiger partial charge is 0.222 e. The highest BCUT2D eigenvalue weighted by Crippen LogP contribution is 2.27. The quantitative estimate of drug-likeness (QED) is 0.743. The summed E-state index contributed by atoms with van der Waals surface area (Å²) in [7, 11) is 1.61. The largest absolute Gasteiger partial charge is 0.497 e. The highest BCUT2D eigenvalue weighted by molar-refractivity contribution is 5.71. The topological polar surface area (TPSA) is 110 Å². The van der Waals surface area contributed by atoms with Gasteiger partial charge in [-0.25, -0.2) is 4.98 Å². The number of hydrogen-bond acceptors (Lipinski definition) is 7. The van der Waals surface area contributed by atoms with Gasteiger partial charge in [-0.3, -0.25) is 0 Å². The molecule has 0 aliphatic heterocycles. The van der Waals surface area contributed by atoms with Gasteiger partial charge in [-0.1, -0.05) is 12.1 Å². The van der Waals surface area contributed by atoms with E-state index < -0.39 is 0 Å². The molecule has 0 aliphatic rings. The molecule has 0 atom stereocenters. The lowest BCUT2D eigenvalue weighted by Crippen LogP contribution is -2.08. The van der Waals surface area contributed by atoms with Crippen LogP contribution in [0.1, 0.15) is 11.1 Å². The molecule has 7 heteroatoms. The molecule has 0 fully saturated rings. The minimum atomic E-state index is 0.0635. The van der Waals surface area contributed by atoms with Gasteiger partial charge in [-0.15, -0.1) is 0 Å². The van der Waals surface area contributed by atoms with Crippen LogP contribution >= 0.6 is 0 Å². The Labute approximate surface area is 138 Å². The van der Waals surface area contributed by atoms with Crippen molar-refractivity contribution in [3.8, 4) is 23.3 Å². The molecule has 3 N–H and O–H groups in total.